The molecule has 1 N–H and O–H groups in total. The van der Waals surface area contributed by atoms with E-state index in [1.807, 2.05) is 24.3 Å². The topological polar surface area (TPSA) is 224 Å². The Bertz CT molecular complexity index is 1290. The molecule has 19 heteroatoms. The lowest BCUT2D eigenvalue weighted by molar-refractivity contribution is -0.133. The molecule has 0 atom stereocenters. The number of hydrogen-bond donors (Lipinski definition) is 1. The van der Waals surface area contributed by atoms with Crippen LogP contribution in [0.25, 0.3) is 21.8 Å². The minimum absolute atomic E-state index is 0.137. The first-order valence-electron chi connectivity index (χ1n) is 17.2. The van der Waals surface area contributed by atoms with E-state index in [2.05, 4.69) is 35.7 Å². The Hall–Kier alpha value is -4.23. The molecule has 2 aromatic rings. The van der Waals surface area contributed by atoms with E-state index in [1.54, 1.807) is 32.6 Å². The van der Waals surface area contributed by atoms with Gasteiger partial charge in [0.05, 0.1) is 85.7 Å². The molecule has 0 radical (unpaired) electrons. The minimum atomic E-state index is -0.622. The van der Waals surface area contributed by atoms with Crippen molar-refractivity contribution in [3.8, 4) is 17.1 Å². The van der Waals surface area contributed by atoms with Crippen LogP contribution in [0, 0.1) is 6.92 Å². The molecule has 290 valence electrons. The Balaban J connectivity index is 1.48. The summed E-state index contributed by atoms with van der Waals surface area (Å²) in [7, 11) is 0. The van der Waals surface area contributed by atoms with Gasteiger partial charge in [0.1, 0.15) is 18.0 Å². The van der Waals surface area contributed by atoms with Crippen molar-refractivity contribution in [2.75, 3.05) is 112 Å². The van der Waals surface area contributed by atoms with Crippen LogP contribution in [0.1, 0.15) is 33.0 Å². The maximum atomic E-state index is 12.9. The van der Waals surface area contributed by atoms with Gasteiger partial charge in [-0.25, -0.2) is 4.79 Å². The molecule has 0 saturated carbocycles. The molecule has 0 aliphatic rings. The predicted octanol–water partition coefficient (Wildman–Crippen LogP) is 2.77. The van der Waals surface area contributed by atoms with Crippen LogP contribution < -0.4 is 10.1 Å². The van der Waals surface area contributed by atoms with Crippen molar-refractivity contribution < 1.29 is 47.5 Å². The molecule has 0 spiro atoms. The van der Waals surface area contributed by atoms with Gasteiger partial charge in [0.15, 0.2) is 5.82 Å². The van der Waals surface area contributed by atoms with Crippen molar-refractivity contribution in [2.24, 2.45) is 5.11 Å². The van der Waals surface area contributed by atoms with Gasteiger partial charge < -0.3 is 48.1 Å². The van der Waals surface area contributed by atoms with Crippen LogP contribution in [0.3, 0.4) is 0 Å². The first-order valence-corrected chi connectivity index (χ1v) is 17.2. The third-order valence-corrected chi connectivity index (χ3v) is 6.44. The quantitative estimate of drug-likeness (QED) is 0.0549. The fourth-order valence-corrected chi connectivity index (χ4v) is 4.01. The Kier molecular flexibility index (Phi) is 23.2. The van der Waals surface area contributed by atoms with Gasteiger partial charge in [0.2, 0.25) is 11.7 Å². The minimum Gasteiger partial charge on any atom is -0.491 e. The van der Waals surface area contributed by atoms with E-state index in [4.69, 9.17) is 43.4 Å². The summed E-state index contributed by atoms with van der Waals surface area (Å²) in [6.45, 7) is 12.8. The molecule has 1 heterocycles. The zero-order chi connectivity index (χ0) is 37.7. The van der Waals surface area contributed by atoms with Crippen molar-refractivity contribution in [3.63, 3.8) is 0 Å². The second-order valence-electron chi connectivity index (χ2n) is 11.8. The average molecular weight is 736 g/mol. The Morgan fingerprint density at radius 3 is 1.87 bits per heavy atom. The molecular formula is C33H53N9O10. The van der Waals surface area contributed by atoms with E-state index >= 15 is 0 Å². The van der Waals surface area contributed by atoms with Gasteiger partial charge >= 0.3 is 6.09 Å². The summed E-state index contributed by atoms with van der Waals surface area (Å²) in [6, 6.07) is 7.35. The Morgan fingerprint density at radius 2 is 1.29 bits per heavy atom. The monoisotopic (exact) mass is 735 g/mol. The first kappa shape index (κ1) is 43.9. The number of rotatable bonds is 29. The lowest BCUT2D eigenvalue weighted by Gasteiger charge is -2.24. The number of nitrogens with zero attached hydrogens (tertiary/aromatic N) is 8. The molecule has 0 bridgehead atoms. The van der Waals surface area contributed by atoms with Gasteiger partial charge in [-0.1, -0.05) is 5.11 Å². The molecule has 52 heavy (non-hydrogen) atoms. The van der Waals surface area contributed by atoms with Crippen LogP contribution >= 0.6 is 0 Å². The van der Waals surface area contributed by atoms with E-state index in [0.29, 0.717) is 96.6 Å². The number of ether oxygens (including phenoxy) is 8. The normalized spacial score (nSPS) is 11.2. The molecule has 2 rings (SSSR count). The largest absolute Gasteiger partial charge is 0.491 e. The van der Waals surface area contributed by atoms with Gasteiger partial charge in [-0.3, -0.25) is 4.79 Å². The molecule has 19 nitrogen and oxygen atoms in total. The summed E-state index contributed by atoms with van der Waals surface area (Å²) < 4.78 is 44.0. The number of alkyl carbamates (subject to hydrolysis) is 1. The number of carbonyl (C=O) groups excluding carboxylic acids is 2. The van der Waals surface area contributed by atoms with Crippen molar-refractivity contribution in [1.82, 2.24) is 30.6 Å². The van der Waals surface area contributed by atoms with Crippen LogP contribution in [0.15, 0.2) is 29.4 Å². The van der Waals surface area contributed by atoms with Gasteiger partial charge in [0.25, 0.3) is 0 Å². The predicted molar refractivity (Wildman–Crippen MR) is 188 cm³/mol. The average Bonchev–Trinajstić information content (AvgIpc) is 3.11. The van der Waals surface area contributed by atoms with Crippen LogP contribution in [-0.2, 0) is 38.0 Å². The zero-order valence-electron chi connectivity index (χ0n) is 30.7. The summed E-state index contributed by atoms with van der Waals surface area (Å²) in [5.74, 6) is 1.54. The van der Waals surface area contributed by atoms with Crippen LogP contribution in [0.2, 0.25) is 0 Å². The molecular weight excluding hydrogens is 682 g/mol. The van der Waals surface area contributed by atoms with Crippen molar-refractivity contribution in [2.45, 2.75) is 39.7 Å². The lowest BCUT2D eigenvalue weighted by atomic mass is 10.2. The standard InChI is InChI=1S/C33H53N9O10/c1-27-37-39-31(40-38-27)28-5-7-29(8-6-28)51-26-25-50-24-23-49-22-21-48-20-17-45-14-9-30(43)42(12-10-35-32(44)52-33(2,3)4)13-16-47-19-18-46-15-11-36-41-34/h5-8H,9-26H2,1-4H3,(H,35,44). The number of benzene rings is 1. The van der Waals surface area contributed by atoms with E-state index < -0.39 is 11.7 Å². The molecule has 0 fully saturated rings. The van der Waals surface area contributed by atoms with E-state index in [0.717, 1.165) is 5.56 Å². The highest BCUT2D eigenvalue weighted by Crippen LogP contribution is 2.18. The van der Waals surface area contributed by atoms with E-state index in [9.17, 15) is 9.59 Å². The molecule has 1 aromatic carbocycles. The number of aryl methyl sites for hydroxylation is 1. The van der Waals surface area contributed by atoms with Crippen molar-refractivity contribution in [3.05, 3.63) is 40.5 Å². The summed E-state index contributed by atoms with van der Waals surface area (Å²) in [6.07, 6.45) is -0.391. The molecule has 0 unspecified atom stereocenters. The van der Waals surface area contributed by atoms with E-state index in [1.165, 1.54) is 0 Å². The van der Waals surface area contributed by atoms with Crippen LogP contribution in [-0.4, -0.2) is 155 Å². The number of aromatic nitrogens is 4. The summed E-state index contributed by atoms with van der Waals surface area (Å²) in [5.41, 5.74) is 8.45. The maximum Gasteiger partial charge on any atom is 0.407 e. The second-order valence-corrected chi connectivity index (χ2v) is 11.8. The Morgan fingerprint density at radius 1 is 0.750 bits per heavy atom. The molecule has 0 aliphatic carbocycles. The molecule has 0 aliphatic heterocycles. The SMILES string of the molecule is Cc1nnc(-c2ccc(OCCOCCOCCOCCOCCC(=O)N(CCNC(=O)OC(C)(C)C)CCOCCOCCN=[N+]=[N-])cc2)nn1. The zero-order valence-corrected chi connectivity index (χ0v) is 30.7. The summed E-state index contributed by atoms with van der Waals surface area (Å²) in [4.78, 5) is 29.1. The van der Waals surface area contributed by atoms with Gasteiger partial charge in [0, 0.05) is 36.7 Å². The maximum absolute atomic E-state index is 12.9. The number of amides is 2. The molecule has 0 saturated heterocycles. The molecule has 2 amide bonds. The summed E-state index contributed by atoms with van der Waals surface area (Å²) in [5, 5.41) is 21.9. The van der Waals surface area contributed by atoms with Crippen LogP contribution in [0.4, 0.5) is 4.79 Å². The van der Waals surface area contributed by atoms with Crippen molar-refractivity contribution >= 4 is 12.0 Å². The van der Waals surface area contributed by atoms with Crippen molar-refractivity contribution in [1.29, 1.82) is 0 Å². The van der Waals surface area contributed by atoms with Gasteiger partial charge in [-0.2, -0.15) is 0 Å². The number of nitrogens with one attached hydrogen (secondary N) is 1. The number of hydrogen-bond acceptors (Lipinski definition) is 15. The fourth-order valence-electron chi connectivity index (χ4n) is 4.01. The molecule has 1 aromatic heterocycles. The third-order valence-electron chi connectivity index (χ3n) is 6.44. The van der Waals surface area contributed by atoms with E-state index in [-0.39, 0.29) is 45.2 Å². The van der Waals surface area contributed by atoms with Gasteiger partial charge in [-0.15, -0.1) is 20.4 Å². The highest BCUT2D eigenvalue weighted by atomic mass is 16.6. The highest BCUT2D eigenvalue weighted by Gasteiger charge is 2.17. The Labute approximate surface area is 304 Å². The smallest absolute Gasteiger partial charge is 0.407 e. The first-order chi connectivity index (χ1) is 25.2. The number of azide groups is 1. The lowest BCUT2D eigenvalue weighted by Crippen LogP contribution is -2.42. The summed E-state index contributed by atoms with van der Waals surface area (Å²) >= 11 is 0. The van der Waals surface area contributed by atoms with Gasteiger partial charge in [-0.05, 0) is 57.5 Å². The van der Waals surface area contributed by atoms with Crippen LogP contribution in [0.5, 0.6) is 5.75 Å². The fraction of sp³-hybridized carbons (Fsp3) is 0.697. The third kappa shape index (κ3) is 22.6. The highest BCUT2D eigenvalue weighted by molar-refractivity contribution is 5.76. The number of carbonyl (C=O) groups is 2. The second kappa shape index (κ2) is 27.4.